The summed E-state index contributed by atoms with van der Waals surface area (Å²) in [5, 5.41) is 3.52. The van der Waals surface area contributed by atoms with Gasteiger partial charge in [0.1, 0.15) is 0 Å². The van der Waals surface area contributed by atoms with Gasteiger partial charge < -0.3 is 24.6 Å². The van der Waals surface area contributed by atoms with Crippen LogP contribution in [-0.4, -0.2) is 87.5 Å². The molecule has 0 spiro atoms. The third kappa shape index (κ3) is 9.17. The van der Waals surface area contributed by atoms with E-state index in [1.807, 2.05) is 0 Å². The smallest absolute Gasteiger partial charge is 0.193 e. The first-order valence-electron chi connectivity index (χ1n) is 12.0. The minimum absolute atomic E-state index is 0. The zero-order valence-electron chi connectivity index (χ0n) is 20.1. The Balaban J connectivity index is 0.00000450. The molecule has 7 heteroatoms. The van der Waals surface area contributed by atoms with E-state index in [0.29, 0.717) is 24.2 Å². The Bertz CT molecular complexity index is 460. The zero-order chi connectivity index (χ0) is 21.1. The van der Waals surface area contributed by atoms with E-state index in [-0.39, 0.29) is 24.0 Å². The van der Waals surface area contributed by atoms with Crippen LogP contribution in [0.1, 0.15) is 65.7 Å². The molecule has 0 amide bonds. The molecule has 0 aromatic rings. The van der Waals surface area contributed by atoms with Crippen molar-refractivity contribution in [1.82, 2.24) is 15.1 Å². The molecule has 2 saturated heterocycles. The van der Waals surface area contributed by atoms with Crippen LogP contribution < -0.4 is 5.32 Å². The van der Waals surface area contributed by atoms with E-state index in [1.54, 1.807) is 0 Å². The highest BCUT2D eigenvalue weighted by atomic mass is 127. The van der Waals surface area contributed by atoms with Gasteiger partial charge in [0.2, 0.25) is 0 Å². The van der Waals surface area contributed by atoms with Gasteiger partial charge in [0, 0.05) is 32.3 Å². The van der Waals surface area contributed by atoms with Crippen molar-refractivity contribution in [3.05, 3.63) is 0 Å². The standard InChI is InChI=1S/C23H46N4O2.HI/c1-6-19(7-2)22(26(4)5)17-25-23(24-8-3)27-14-12-20(13-15-27)29-18-21-11-9-10-16-28-21;/h19-22H,6-18H2,1-5H3,(H,24,25);1H. The van der Waals surface area contributed by atoms with Crippen LogP contribution in [-0.2, 0) is 9.47 Å². The van der Waals surface area contributed by atoms with E-state index < -0.39 is 0 Å². The normalized spacial score (nSPS) is 22.3. The Morgan fingerprint density at radius 2 is 1.83 bits per heavy atom. The number of hydrogen-bond donors (Lipinski definition) is 1. The Hall–Kier alpha value is -0.120. The van der Waals surface area contributed by atoms with E-state index >= 15 is 0 Å². The fourth-order valence-electron chi connectivity index (χ4n) is 4.59. The summed E-state index contributed by atoms with van der Waals surface area (Å²) < 4.78 is 12.0. The highest BCUT2D eigenvalue weighted by Gasteiger charge is 2.25. The summed E-state index contributed by atoms with van der Waals surface area (Å²) >= 11 is 0. The molecule has 2 aliphatic heterocycles. The van der Waals surface area contributed by atoms with Gasteiger partial charge in [-0.1, -0.05) is 26.7 Å². The second kappa shape index (κ2) is 15.6. The summed E-state index contributed by atoms with van der Waals surface area (Å²) in [6, 6.07) is 0.495. The average Bonchev–Trinajstić information content (AvgIpc) is 2.75. The molecule has 1 N–H and O–H groups in total. The Morgan fingerprint density at radius 1 is 1.13 bits per heavy atom. The van der Waals surface area contributed by atoms with Gasteiger partial charge in [-0.25, -0.2) is 0 Å². The van der Waals surface area contributed by atoms with Crippen molar-refractivity contribution < 1.29 is 9.47 Å². The molecule has 0 aromatic carbocycles. The number of halogens is 1. The molecule has 178 valence electrons. The maximum absolute atomic E-state index is 6.18. The van der Waals surface area contributed by atoms with Gasteiger partial charge in [0.15, 0.2) is 5.96 Å². The minimum atomic E-state index is 0. The molecule has 2 unspecified atom stereocenters. The quantitative estimate of drug-likeness (QED) is 0.259. The monoisotopic (exact) mass is 538 g/mol. The highest BCUT2D eigenvalue weighted by molar-refractivity contribution is 14.0. The van der Waals surface area contributed by atoms with Crippen LogP contribution in [0.3, 0.4) is 0 Å². The number of nitrogens with zero attached hydrogens (tertiary/aromatic N) is 3. The first-order valence-corrected chi connectivity index (χ1v) is 12.0. The second-order valence-corrected chi connectivity index (χ2v) is 8.81. The van der Waals surface area contributed by atoms with E-state index in [9.17, 15) is 0 Å². The third-order valence-corrected chi connectivity index (χ3v) is 6.55. The topological polar surface area (TPSA) is 49.3 Å². The van der Waals surface area contributed by atoms with Gasteiger partial charge in [-0.3, -0.25) is 4.99 Å². The lowest BCUT2D eigenvalue weighted by Crippen LogP contribution is -2.48. The molecule has 0 aromatic heterocycles. The molecule has 2 rings (SSSR count). The molecular weight excluding hydrogens is 491 g/mol. The van der Waals surface area contributed by atoms with Crippen LogP contribution in [0.2, 0.25) is 0 Å². The lowest BCUT2D eigenvalue weighted by atomic mass is 9.93. The van der Waals surface area contributed by atoms with Crippen LogP contribution in [0.5, 0.6) is 0 Å². The second-order valence-electron chi connectivity index (χ2n) is 8.81. The summed E-state index contributed by atoms with van der Waals surface area (Å²) in [6.45, 7) is 12.2. The van der Waals surface area contributed by atoms with Crippen molar-refractivity contribution in [2.45, 2.75) is 84.0 Å². The molecule has 2 aliphatic rings. The first kappa shape index (κ1) is 27.9. The third-order valence-electron chi connectivity index (χ3n) is 6.55. The fraction of sp³-hybridized carbons (Fsp3) is 0.957. The average molecular weight is 539 g/mol. The van der Waals surface area contributed by atoms with Gasteiger partial charge in [0.05, 0.1) is 25.4 Å². The Kier molecular flexibility index (Phi) is 14.6. The summed E-state index contributed by atoms with van der Waals surface area (Å²) in [4.78, 5) is 9.81. The van der Waals surface area contributed by atoms with Gasteiger partial charge in [-0.05, 0) is 59.0 Å². The Morgan fingerprint density at radius 3 is 2.37 bits per heavy atom. The maximum atomic E-state index is 6.18. The van der Waals surface area contributed by atoms with Crippen molar-refractivity contribution in [1.29, 1.82) is 0 Å². The van der Waals surface area contributed by atoms with Gasteiger partial charge in [0.25, 0.3) is 0 Å². The molecule has 0 bridgehead atoms. The molecular formula is C23H47IN4O2. The number of piperidine rings is 1. The molecule has 0 aliphatic carbocycles. The van der Waals surface area contributed by atoms with Gasteiger partial charge >= 0.3 is 0 Å². The largest absolute Gasteiger partial charge is 0.376 e. The number of guanidine groups is 1. The van der Waals surface area contributed by atoms with E-state index in [0.717, 1.165) is 64.6 Å². The van der Waals surface area contributed by atoms with Crippen LogP contribution in [0.15, 0.2) is 4.99 Å². The van der Waals surface area contributed by atoms with Crippen molar-refractivity contribution >= 4 is 29.9 Å². The summed E-state index contributed by atoms with van der Waals surface area (Å²) in [7, 11) is 4.37. The predicted molar refractivity (Wildman–Crippen MR) is 137 cm³/mol. The van der Waals surface area contributed by atoms with Crippen molar-refractivity contribution in [2.24, 2.45) is 10.9 Å². The van der Waals surface area contributed by atoms with E-state index in [1.165, 1.54) is 25.7 Å². The van der Waals surface area contributed by atoms with Crippen LogP contribution in [0, 0.1) is 5.92 Å². The van der Waals surface area contributed by atoms with Crippen molar-refractivity contribution in [3.63, 3.8) is 0 Å². The minimum Gasteiger partial charge on any atom is -0.376 e. The summed E-state index contributed by atoms with van der Waals surface area (Å²) in [6.07, 6.45) is 8.86. The van der Waals surface area contributed by atoms with Crippen LogP contribution >= 0.6 is 24.0 Å². The number of hydrogen-bond acceptors (Lipinski definition) is 4. The zero-order valence-corrected chi connectivity index (χ0v) is 22.4. The molecule has 0 saturated carbocycles. The number of aliphatic imine (C=N–C) groups is 1. The molecule has 0 radical (unpaired) electrons. The maximum Gasteiger partial charge on any atom is 0.193 e. The fourth-order valence-corrected chi connectivity index (χ4v) is 4.59. The Labute approximate surface area is 202 Å². The SMILES string of the molecule is CCNC(=NCC(C(CC)CC)N(C)C)N1CCC(OCC2CCCCO2)CC1.I. The number of likely N-dealkylation sites (tertiary alicyclic amines) is 1. The lowest BCUT2D eigenvalue weighted by molar-refractivity contribution is -0.0721. The van der Waals surface area contributed by atoms with Crippen LogP contribution in [0.4, 0.5) is 0 Å². The van der Waals surface area contributed by atoms with E-state index in [2.05, 4.69) is 50.0 Å². The van der Waals surface area contributed by atoms with Crippen molar-refractivity contribution in [2.75, 3.05) is 53.5 Å². The highest BCUT2D eigenvalue weighted by Crippen LogP contribution is 2.19. The molecule has 2 heterocycles. The number of likely N-dealkylation sites (N-methyl/N-ethyl adjacent to an activating group) is 1. The van der Waals surface area contributed by atoms with E-state index in [4.69, 9.17) is 14.5 Å². The van der Waals surface area contributed by atoms with Crippen molar-refractivity contribution in [3.8, 4) is 0 Å². The summed E-state index contributed by atoms with van der Waals surface area (Å²) in [5.74, 6) is 1.76. The molecule has 30 heavy (non-hydrogen) atoms. The number of ether oxygens (including phenoxy) is 2. The predicted octanol–water partition coefficient (Wildman–Crippen LogP) is 3.99. The molecule has 2 fully saturated rings. The lowest BCUT2D eigenvalue weighted by Gasteiger charge is -2.36. The number of nitrogens with one attached hydrogen (secondary N) is 1. The summed E-state index contributed by atoms with van der Waals surface area (Å²) in [5.41, 5.74) is 0. The number of rotatable bonds is 10. The van der Waals surface area contributed by atoms with Gasteiger partial charge in [-0.2, -0.15) is 0 Å². The molecule has 6 nitrogen and oxygen atoms in total. The van der Waals surface area contributed by atoms with Crippen LogP contribution in [0.25, 0.3) is 0 Å². The van der Waals surface area contributed by atoms with Gasteiger partial charge in [-0.15, -0.1) is 24.0 Å². The molecule has 2 atom stereocenters. The first-order chi connectivity index (χ1) is 14.1.